The first-order valence-corrected chi connectivity index (χ1v) is 5.29. The van der Waals surface area contributed by atoms with Gasteiger partial charge in [-0.25, -0.2) is 0 Å². The summed E-state index contributed by atoms with van der Waals surface area (Å²) in [5.74, 6) is 0.198. The van der Waals surface area contributed by atoms with E-state index < -0.39 is 5.60 Å². The van der Waals surface area contributed by atoms with Crippen LogP contribution in [0.3, 0.4) is 0 Å². The highest BCUT2D eigenvalue weighted by Gasteiger charge is 2.25. The minimum atomic E-state index is -0.779. The fraction of sp³-hybridized carbons (Fsp3) is 0.900. The van der Waals surface area contributed by atoms with Gasteiger partial charge in [-0.1, -0.05) is 19.0 Å². The number of amidine groups is 1. The van der Waals surface area contributed by atoms with Crippen LogP contribution in [0.15, 0.2) is 5.16 Å². The van der Waals surface area contributed by atoms with Gasteiger partial charge in [0.1, 0.15) is 0 Å². The fourth-order valence-electron chi connectivity index (χ4n) is 1.66. The summed E-state index contributed by atoms with van der Waals surface area (Å²) in [6, 6.07) is -0.119. The van der Waals surface area contributed by atoms with Crippen molar-refractivity contribution in [2.75, 3.05) is 13.1 Å². The minimum Gasteiger partial charge on any atom is -0.409 e. The molecule has 0 saturated heterocycles. The Balaban J connectivity index is 4.62. The van der Waals surface area contributed by atoms with Gasteiger partial charge in [-0.3, -0.25) is 4.90 Å². The van der Waals surface area contributed by atoms with Crippen molar-refractivity contribution in [1.29, 1.82) is 0 Å². The first kappa shape index (κ1) is 14.2. The van der Waals surface area contributed by atoms with Crippen LogP contribution >= 0.6 is 0 Å². The molecular formula is C10H23N3O2. The van der Waals surface area contributed by atoms with Crippen LogP contribution in [-0.4, -0.2) is 45.8 Å². The van der Waals surface area contributed by atoms with Crippen LogP contribution in [0.4, 0.5) is 0 Å². The van der Waals surface area contributed by atoms with Gasteiger partial charge in [-0.2, -0.15) is 0 Å². The molecule has 0 aliphatic heterocycles. The Morgan fingerprint density at radius 3 is 2.27 bits per heavy atom. The maximum absolute atomic E-state index is 9.73. The molecule has 5 nitrogen and oxygen atoms in total. The summed E-state index contributed by atoms with van der Waals surface area (Å²) in [5.41, 5.74) is 4.82. The second kappa shape index (κ2) is 5.92. The highest BCUT2D eigenvalue weighted by molar-refractivity contribution is 5.85. The zero-order chi connectivity index (χ0) is 12.1. The molecule has 0 heterocycles. The molecular weight excluding hydrogens is 194 g/mol. The lowest BCUT2D eigenvalue weighted by Crippen LogP contribution is -2.49. The van der Waals surface area contributed by atoms with Crippen LogP contribution in [-0.2, 0) is 0 Å². The van der Waals surface area contributed by atoms with Gasteiger partial charge in [0, 0.05) is 6.54 Å². The van der Waals surface area contributed by atoms with Crippen LogP contribution in [0, 0.1) is 0 Å². The van der Waals surface area contributed by atoms with Crippen molar-refractivity contribution in [3.05, 3.63) is 0 Å². The zero-order valence-corrected chi connectivity index (χ0v) is 10.1. The Hall–Kier alpha value is -0.810. The third kappa shape index (κ3) is 4.99. The molecule has 0 spiro atoms. The second-order valence-corrected chi connectivity index (χ2v) is 4.32. The Morgan fingerprint density at radius 2 is 2.00 bits per heavy atom. The highest BCUT2D eigenvalue weighted by atomic mass is 16.4. The van der Waals surface area contributed by atoms with Gasteiger partial charge >= 0.3 is 0 Å². The smallest absolute Gasteiger partial charge is 0.156 e. The number of nitrogens with two attached hydrogens (primary N) is 1. The van der Waals surface area contributed by atoms with E-state index in [1.54, 1.807) is 13.8 Å². The number of hydrogen-bond donors (Lipinski definition) is 3. The summed E-state index contributed by atoms with van der Waals surface area (Å²) in [6.07, 6.45) is 0.750. The Labute approximate surface area is 91.6 Å². The van der Waals surface area contributed by atoms with Gasteiger partial charge in [0.05, 0.1) is 11.6 Å². The fourth-order valence-corrected chi connectivity index (χ4v) is 1.66. The zero-order valence-electron chi connectivity index (χ0n) is 10.1. The number of likely N-dealkylation sites (N-methyl/N-ethyl adjacent to an activating group) is 1. The number of hydrogen-bond acceptors (Lipinski definition) is 4. The lowest BCUT2D eigenvalue weighted by molar-refractivity contribution is 0.0307. The minimum absolute atomic E-state index is 0.119. The molecule has 0 bridgehead atoms. The molecule has 5 heteroatoms. The summed E-state index contributed by atoms with van der Waals surface area (Å²) in [4.78, 5) is 2.00. The highest BCUT2D eigenvalue weighted by Crippen LogP contribution is 2.11. The van der Waals surface area contributed by atoms with Crippen molar-refractivity contribution in [2.24, 2.45) is 10.9 Å². The van der Waals surface area contributed by atoms with E-state index in [4.69, 9.17) is 10.9 Å². The van der Waals surface area contributed by atoms with Gasteiger partial charge in [0.2, 0.25) is 0 Å². The largest absolute Gasteiger partial charge is 0.409 e. The van der Waals surface area contributed by atoms with E-state index in [2.05, 4.69) is 5.16 Å². The second-order valence-electron chi connectivity index (χ2n) is 4.32. The predicted molar refractivity (Wildman–Crippen MR) is 61.0 cm³/mol. The Morgan fingerprint density at radius 1 is 1.47 bits per heavy atom. The van der Waals surface area contributed by atoms with Crippen molar-refractivity contribution in [3.8, 4) is 0 Å². The molecule has 0 aromatic heterocycles. The molecule has 0 fully saturated rings. The first-order chi connectivity index (χ1) is 6.85. The molecule has 0 aliphatic rings. The standard InChI is InChI=1S/C10H23N3O2/c1-5-8(9(11)12-15)13(6-2)7-10(3,4)14/h8,14-15H,5-7H2,1-4H3,(H2,11,12). The van der Waals surface area contributed by atoms with Gasteiger partial charge in [-0.15, -0.1) is 0 Å². The van der Waals surface area contributed by atoms with E-state index in [9.17, 15) is 5.11 Å². The van der Waals surface area contributed by atoms with Crippen LogP contribution in [0.1, 0.15) is 34.1 Å². The van der Waals surface area contributed by atoms with Crippen LogP contribution in [0.5, 0.6) is 0 Å². The van der Waals surface area contributed by atoms with Crippen molar-refractivity contribution in [1.82, 2.24) is 4.90 Å². The summed E-state index contributed by atoms with van der Waals surface area (Å²) in [6.45, 7) is 8.69. The molecule has 4 N–H and O–H groups in total. The molecule has 0 rings (SSSR count). The molecule has 1 atom stereocenters. The van der Waals surface area contributed by atoms with Crippen molar-refractivity contribution in [3.63, 3.8) is 0 Å². The number of oxime groups is 1. The van der Waals surface area contributed by atoms with Gasteiger partial charge in [0.15, 0.2) is 5.84 Å². The third-order valence-electron chi connectivity index (χ3n) is 2.28. The summed E-state index contributed by atoms with van der Waals surface area (Å²) < 4.78 is 0. The average Bonchev–Trinajstić information content (AvgIpc) is 2.15. The predicted octanol–water partition coefficient (Wildman–Crippen LogP) is 0.604. The maximum Gasteiger partial charge on any atom is 0.156 e. The number of nitrogens with zero attached hydrogens (tertiary/aromatic N) is 2. The van der Waals surface area contributed by atoms with Crippen LogP contribution < -0.4 is 5.73 Å². The molecule has 90 valence electrons. The normalized spacial score (nSPS) is 15.7. The van der Waals surface area contributed by atoms with E-state index in [1.807, 2.05) is 18.7 Å². The molecule has 0 radical (unpaired) electrons. The van der Waals surface area contributed by atoms with Gasteiger partial charge in [0.25, 0.3) is 0 Å². The van der Waals surface area contributed by atoms with E-state index >= 15 is 0 Å². The summed E-state index contributed by atoms with van der Waals surface area (Å²) in [7, 11) is 0. The Bertz CT molecular complexity index is 211. The third-order valence-corrected chi connectivity index (χ3v) is 2.28. The molecule has 15 heavy (non-hydrogen) atoms. The van der Waals surface area contributed by atoms with Crippen molar-refractivity contribution in [2.45, 2.75) is 45.8 Å². The first-order valence-electron chi connectivity index (χ1n) is 5.29. The lowest BCUT2D eigenvalue weighted by Gasteiger charge is -2.33. The SMILES string of the molecule is CCC(C(N)=NO)N(CC)CC(C)(C)O. The van der Waals surface area contributed by atoms with E-state index in [-0.39, 0.29) is 11.9 Å². The number of rotatable bonds is 6. The summed E-state index contributed by atoms with van der Waals surface area (Å²) >= 11 is 0. The lowest BCUT2D eigenvalue weighted by atomic mass is 10.1. The van der Waals surface area contributed by atoms with Gasteiger partial charge < -0.3 is 16.0 Å². The van der Waals surface area contributed by atoms with E-state index in [0.29, 0.717) is 6.54 Å². The molecule has 0 amide bonds. The van der Waals surface area contributed by atoms with Crippen molar-refractivity contribution < 1.29 is 10.3 Å². The van der Waals surface area contributed by atoms with Gasteiger partial charge in [-0.05, 0) is 26.8 Å². The molecule has 0 aromatic carbocycles. The van der Waals surface area contributed by atoms with Crippen molar-refractivity contribution >= 4 is 5.84 Å². The van der Waals surface area contributed by atoms with E-state index in [1.165, 1.54) is 0 Å². The van der Waals surface area contributed by atoms with E-state index in [0.717, 1.165) is 13.0 Å². The molecule has 0 saturated carbocycles. The quantitative estimate of drug-likeness (QED) is 0.263. The summed E-state index contributed by atoms with van der Waals surface area (Å²) in [5, 5.41) is 21.4. The average molecular weight is 217 g/mol. The molecule has 0 aliphatic carbocycles. The monoisotopic (exact) mass is 217 g/mol. The van der Waals surface area contributed by atoms with Crippen LogP contribution in [0.25, 0.3) is 0 Å². The molecule has 1 unspecified atom stereocenters. The van der Waals surface area contributed by atoms with Crippen LogP contribution in [0.2, 0.25) is 0 Å². The topological polar surface area (TPSA) is 82.1 Å². The maximum atomic E-state index is 9.73. The number of aliphatic hydroxyl groups is 1. The molecule has 0 aromatic rings. The Kier molecular flexibility index (Phi) is 5.60.